The van der Waals surface area contributed by atoms with Crippen molar-refractivity contribution in [2.75, 3.05) is 6.54 Å². The molecule has 3 N–H and O–H groups in total. The normalized spacial score (nSPS) is 17.6. The second-order valence-corrected chi connectivity index (χ2v) is 4.34. The first-order chi connectivity index (χ1) is 7.77. The number of nitrogens with one attached hydrogen (secondary N) is 1. The van der Waals surface area contributed by atoms with Crippen LogP contribution >= 0.6 is 0 Å². The van der Waals surface area contributed by atoms with Crippen molar-refractivity contribution in [3.8, 4) is 0 Å². The van der Waals surface area contributed by atoms with Gasteiger partial charge in [0.25, 0.3) is 0 Å². The number of amides is 1. The number of aromatic nitrogens is 1. The molecule has 1 saturated carbocycles. The van der Waals surface area contributed by atoms with Gasteiger partial charge in [-0.1, -0.05) is 12.5 Å². The molecule has 4 heteroatoms. The first-order valence-corrected chi connectivity index (χ1v) is 5.65. The summed E-state index contributed by atoms with van der Waals surface area (Å²) >= 11 is 0. The van der Waals surface area contributed by atoms with Gasteiger partial charge in [-0.2, -0.15) is 0 Å². The second kappa shape index (κ2) is 4.61. The van der Waals surface area contributed by atoms with Crippen LogP contribution in [-0.2, 0) is 11.3 Å². The van der Waals surface area contributed by atoms with Crippen molar-refractivity contribution in [1.29, 1.82) is 0 Å². The molecule has 1 aliphatic carbocycles. The van der Waals surface area contributed by atoms with Crippen molar-refractivity contribution in [2.45, 2.75) is 25.8 Å². The predicted molar refractivity (Wildman–Crippen MR) is 61.4 cm³/mol. The number of pyridine rings is 1. The van der Waals surface area contributed by atoms with Crippen LogP contribution in [0.25, 0.3) is 0 Å². The van der Waals surface area contributed by atoms with E-state index in [1.807, 2.05) is 18.2 Å². The summed E-state index contributed by atoms with van der Waals surface area (Å²) in [6, 6.07) is 5.67. The summed E-state index contributed by atoms with van der Waals surface area (Å²) in [6.07, 6.45) is 4.66. The molecule has 0 saturated heterocycles. The first-order valence-electron chi connectivity index (χ1n) is 5.65. The van der Waals surface area contributed by atoms with Crippen LogP contribution in [0, 0.1) is 5.41 Å². The fraction of sp³-hybridized carbons (Fsp3) is 0.500. The highest BCUT2D eigenvalue weighted by atomic mass is 16.2. The molecule has 0 unspecified atom stereocenters. The quantitative estimate of drug-likeness (QED) is 0.788. The van der Waals surface area contributed by atoms with E-state index in [9.17, 15) is 4.79 Å². The number of carbonyl (C=O) groups is 1. The molecule has 0 atom stereocenters. The van der Waals surface area contributed by atoms with E-state index in [1.54, 1.807) is 6.20 Å². The molecule has 1 aromatic rings. The maximum absolute atomic E-state index is 11.9. The lowest BCUT2D eigenvalue weighted by molar-refractivity contribution is -0.135. The zero-order chi connectivity index (χ0) is 11.4. The average Bonchev–Trinajstić information content (AvgIpc) is 2.27. The van der Waals surface area contributed by atoms with Crippen molar-refractivity contribution >= 4 is 5.91 Å². The van der Waals surface area contributed by atoms with E-state index < -0.39 is 0 Å². The van der Waals surface area contributed by atoms with Crippen molar-refractivity contribution in [3.05, 3.63) is 30.1 Å². The number of hydrogen-bond donors (Lipinski definition) is 2. The van der Waals surface area contributed by atoms with Crippen LogP contribution < -0.4 is 11.1 Å². The van der Waals surface area contributed by atoms with Gasteiger partial charge in [0.1, 0.15) is 0 Å². The Balaban J connectivity index is 1.89. The molecule has 1 heterocycles. The lowest BCUT2D eigenvalue weighted by Gasteiger charge is -2.39. The lowest BCUT2D eigenvalue weighted by atomic mass is 9.68. The van der Waals surface area contributed by atoms with Crippen molar-refractivity contribution in [3.63, 3.8) is 0 Å². The van der Waals surface area contributed by atoms with Gasteiger partial charge in [-0.15, -0.1) is 0 Å². The summed E-state index contributed by atoms with van der Waals surface area (Å²) in [5.74, 6) is 0.0758. The minimum absolute atomic E-state index is 0.0758. The van der Waals surface area contributed by atoms with Gasteiger partial charge < -0.3 is 11.1 Å². The van der Waals surface area contributed by atoms with Crippen LogP contribution in [0.5, 0.6) is 0 Å². The van der Waals surface area contributed by atoms with Crippen LogP contribution in [0.4, 0.5) is 0 Å². The lowest BCUT2D eigenvalue weighted by Crippen LogP contribution is -2.50. The highest BCUT2D eigenvalue weighted by Gasteiger charge is 2.42. The molecule has 0 aromatic carbocycles. The molecule has 86 valence electrons. The molecule has 4 nitrogen and oxygen atoms in total. The minimum Gasteiger partial charge on any atom is -0.350 e. The maximum atomic E-state index is 11.9. The highest BCUT2D eigenvalue weighted by molar-refractivity contribution is 5.83. The van der Waals surface area contributed by atoms with Gasteiger partial charge in [-0.25, -0.2) is 0 Å². The standard InChI is InChI=1S/C12H17N3O/c13-9-12(5-3-6-12)11(16)15-8-10-4-1-2-7-14-10/h1-2,4,7H,3,5-6,8-9,13H2,(H,15,16). The van der Waals surface area contributed by atoms with E-state index in [0.29, 0.717) is 13.1 Å². The third-order valence-corrected chi connectivity index (χ3v) is 3.34. The Hall–Kier alpha value is -1.42. The van der Waals surface area contributed by atoms with Crippen molar-refractivity contribution < 1.29 is 4.79 Å². The summed E-state index contributed by atoms with van der Waals surface area (Å²) in [5.41, 5.74) is 6.24. The zero-order valence-corrected chi connectivity index (χ0v) is 9.28. The summed E-state index contributed by atoms with van der Waals surface area (Å²) in [7, 11) is 0. The van der Waals surface area contributed by atoms with Crippen LogP contribution in [0.2, 0.25) is 0 Å². The molecular formula is C12H17N3O. The molecule has 1 aliphatic rings. The molecule has 0 aliphatic heterocycles. The smallest absolute Gasteiger partial charge is 0.227 e. The van der Waals surface area contributed by atoms with Crippen LogP contribution in [0.3, 0.4) is 0 Å². The monoisotopic (exact) mass is 219 g/mol. The Bertz CT molecular complexity index is 354. The number of hydrogen-bond acceptors (Lipinski definition) is 3. The van der Waals surface area contributed by atoms with Crippen molar-refractivity contribution in [2.24, 2.45) is 11.1 Å². The van der Waals surface area contributed by atoms with Gasteiger partial charge in [0.15, 0.2) is 0 Å². The van der Waals surface area contributed by atoms with Gasteiger partial charge in [-0.05, 0) is 25.0 Å². The summed E-state index contributed by atoms with van der Waals surface area (Å²) in [5, 5.41) is 2.91. The largest absolute Gasteiger partial charge is 0.350 e. The van der Waals surface area contributed by atoms with E-state index in [0.717, 1.165) is 25.0 Å². The Labute approximate surface area is 95.3 Å². The topological polar surface area (TPSA) is 68.0 Å². The molecule has 2 rings (SSSR count). The Morgan fingerprint density at radius 1 is 1.50 bits per heavy atom. The van der Waals surface area contributed by atoms with Crippen molar-refractivity contribution in [1.82, 2.24) is 10.3 Å². The van der Waals surface area contributed by atoms with E-state index in [2.05, 4.69) is 10.3 Å². The first kappa shape index (κ1) is 11.1. The van der Waals surface area contributed by atoms with E-state index in [4.69, 9.17) is 5.73 Å². The van der Waals surface area contributed by atoms with Crippen LogP contribution in [0.15, 0.2) is 24.4 Å². The van der Waals surface area contributed by atoms with Crippen LogP contribution in [0.1, 0.15) is 25.0 Å². The fourth-order valence-corrected chi connectivity index (χ4v) is 1.99. The highest BCUT2D eigenvalue weighted by Crippen LogP contribution is 2.39. The molecule has 1 fully saturated rings. The molecule has 1 aromatic heterocycles. The molecule has 16 heavy (non-hydrogen) atoms. The number of nitrogens with zero attached hydrogens (tertiary/aromatic N) is 1. The number of rotatable bonds is 4. The van der Waals surface area contributed by atoms with Gasteiger partial charge in [-0.3, -0.25) is 9.78 Å². The fourth-order valence-electron chi connectivity index (χ4n) is 1.99. The Morgan fingerprint density at radius 2 is 2.31 bits per heavy atom. The molecule has 0 spiro atoms. The SMILES string of the molecule is NCC1(C(=O)NCc2ccccn2)CCC1. The van der Waals surface area contributed by atoms with Crippen LogP contribution in [-0.4, -0.2) is 17.4 Å². The summed E-state index contributed by atoms with van der Waals surface area (Å²) in [4.78, 5) is 16.1. The van der Waals surface area contributed by atoms with E-state index >= 15 is 0 Å². The number of nitrogens with two attached hydrogens (primary N) is 1. The third-order valence-electron chi connectivity index (χ3n) is 3.34. The van der Waals surface area contributed by atoms with E-state index in [1.165, 1.54) is 0 Å². The van der Waals surface area contributed by atoms with Gasteiger partial charge in [0.05, 0.1) is 17.7 Å². The predicted octanol–water partition coefficient (Wildman–Crippen LogP) is 0.827. The molecular weight excluding hydrogens is 202 g/mol. The molecule has 1 amide bonds. The molecule has 0 bridgehead atoms. The van der Waals surface area contributed by atoms with Gasteiger partial charge in [0, 0.05) is 12.7 Å². The van der Waals surface area contributed by atoms with E-state index in [-0.39, 0.29) is 11.3 Å². The summed E-state index contributed by atoms with van der Waals surface area (Å²) < 4.78 is 0. The summed E-state index contributed by atoms with van der Waals surface area (Å²) in [6.45, 7) is 0.933. The zero-order valence-electron chi connectivity index (χ0n) is 9.28. The minimum atomic E-state index is -0.297. The Morgan fingerprint density at radius 3 is 2.81 bits per heavy atom. The average molecular weight is 219 g/mol. The number of carbonyl (C=O) groups excluding carboxylic acids is 1. The third kappa shape index (κ3) is 2.07. The van der Waals surface area contributed by atoms with Gasteiger partial charge >= 0.3 is 0 Å². The second-order valence-electron chi connectivity index (χ2n) is 4.34. The van der Waals surface area contributed by atoms with Gasteiger partial charge in [0.2, 0.25) is 5.91 Å². The maximum Gasteiger partial charge on any atom is 0.227 e. The molecule has 0 radical (unpaired) electrons. The Kier molecular flexibility index (Phi) is 3.19.